The van der Waals surface area contributed by atoms with E-state index in [1.165, 1.54) is 35.2 Å². The van der Waals surface area contributed by atoms with E-state index in [1.807, 2.05) is 30.3 Å². The van der Waals surface area contributed by atoms with Gasteiger partial charge in [-0.1, -0.05) is 42.0 Å². The van der Waals surface area contributed by atoms with Gasteiger partial charge in [-0.05, 0) is 43.7 Å². The zero-order valence-electron chi connectivity index (χ0n) is 16.3. The van der Waals surface area contributed by atoms with Crippen molar-refractivity contribution in [1.82, 2.24) is 15.1 Å². The maximum absolute atomic E-state index is 12.2. The Balaban J connectivity index is 1.48. The third kappa shape index (κ3) is 6.41. The van der Waals surface area contributed by atoms with E-state index in [-0.39, 0.29) is 30.3 Å². The van der Waals surface area contributed by atoms with Crippen molar-refractivity contribution in [2.24, 2.45) is 0 Å². The molecule has 1 amide bonds. The molecule has 2 aromatic rings. The average Bonchev–Trinajstić information content (AvgIpc) is 2.75. The highest BCUT2D eigenvalue weighted by Crippen LogP contribution is 2.19. The minimum Gasteiger partial charge on any atom is -0.451 e. The van der Waals surface area contributed by atoms with Gasteiger partial charge in [-0.3, -0.25) is 9.59 Å². The largest absolute Gasteiger partial charge is 0.451 e. The molecule has 7 heteroatoms. The normalized spacial score (nSPS) is 13.4. The number of carbonyl (C=O) groups is 2. The van der Waals surface area contributed by atoms with Crippen LogP contribution in [0.15, 0.2) is 58.9 Å². The summed E-state index contributed by atoms with van der Waals surface area (Å²) < 4.78 is 6.23. The molecule has 0 spiro atoms. The number of nitrogens with zero attached hydrogens (tertiary/aromatic N) is 2. The summed E-state index contributed by atoms with van der Waals surface area (Å²) in [5.41, 5.74) is 1.93. The van der Waals surface area contributed by atoms with Crippen molar-refractivity contribution in [3.05, 3.63) is 75.7 Å². The molecule has 7 nitrogen and oxygen atoms in total. The molecule has 0 unspecified atom stereocenters. The van der Waals surface area contributed by atoms with Crippen LogP contribution in [0.4, 0.5) is 0 Å². The van der Waals surface area contributed by atoms with E-state index in [9.17, 15) is 14.4 Å². The minimum absolute atomic E-state index is 0.0132. The average molecular weight is 395 g/mol. The smallest absolute Gasteiger partial charge is 0.359 e. The zero-order valence-corrected chi connectivity index (χ0v) is 16.3. The summed E-state index contributed by atoms with van der Waals surface area (Å²) in [5, 5.41) is 6.82. The number of hydrogen-bond donors (Lipinski definition) is 1. The van der Waals surface area contributed by atoms with Gasteiger partial charge in [0, 0.05) is 12.6 Å². The first kappa shape index (κ1) is 20.5. The molecule has 0 fully saturated rings. The first-order valence-corrected chi connectivity index (χ1v) is 9.85. The molecule has 152 valence electrons. The Morgan fingerprint density at radius 2 is 1.93 bits per heavy atom. The molecule has 1 aromatic carbocycles. The molecular formula is C22H25N3O4. The van der Waals surface area contributed by atoms with Gasteiger partial charge < -0.3 is 10.1 Å². The highest BCUT2D eigenvalue weighted by Gasteiger charge is 2.14. The lowest BCUT2D eigenvalue weighted by molar-refractivity contribution is -0.124. The molecule has 3 rings (SSSR count). The predicted molar refractivity (Wildman–Crippen MR) is 109 cm³/mol. The van der Waals surface area contributed by atoms with Crippen molar-refractivity contribution in [2.45, 2.75) is 38.6 Å². The molecule has 1 aliphatic rings. The topological polar surface area (TPSA) is 90.3 Å². The molecule has 0 saturated carbocycles. The first-order valence-electron chi connectivity index (χ1n) is 9.85. The Morgan fingerprint density at radius 3 is 2.69 bits per heavy atom. The number of aromatic nitrogens is 2. The highest BCUT2D eigenvalue weighted by atomic mass is 16.5. The van der Waals surface area contributed by atoms with Crippen LogP contribution >= 0.6 is 0 Å². The highest BCUT2D eigenvalue weighted by molar-refractivity contribution is 5.89. The van der Waals surface area contributed by atoms with Crippen LogP contribution in [0.3, 0.4) is 0 Å². The summed E-state index contributed by atoms with van der Waals surface area (Å²) in [4.78, 5) is 36.1. The molecule has 0 radical (unpaired) electrons. The van der Waals surface area contributed by atoms with Gasteiger partial charge in [0.1, 0.15) is 0 Å². The van der Waals surface area contributed by atoms with Gasteiger partial charge in [0.15, 0.2) is 12.3 Å². The van der Waals surface area contributed by atoms with Gasteiger partial charge in [0.2, 0.25) is 0 Å². The van der Waals surface area contributed by atoms with Gasteiger partial charge in [0.05, 0.1) is 6.54 Å². The predicted octanol–water partition coefficient (Wildman–Crippen LogP) is 2.46. The number of nitrogens with one attached hydrogen (secondary N) is 1. The fraction of sp³-hybridized carbons (Fsp3) is 0.364. The summed E-state index contributed by atoms with van der Waals surface area (Å²) in [6, 6.07) is 11.9. The van der Waals surface area contributed by atoms with Crippen molar-refractivity contribution in [1.29, 1.82) is 0 Å². The molecule has 0 bridgehead atoms. The lowest BCUT2D eigenvalue weighted by atomic mass is 9.97. The van der Waals surface area contributed by atoms with E-state index in [2.05, 4.69) is 16.5 Å². The third-order valence-electron chi connectivity index (χ3n) is 4.74. The summed E-state index contributed by atoms with van der Waals surface area (Å²) in [6.07, 6.45) is 7.71. The third-order valence-corrected chi connectivity index (χ3v) is 4.74. The van der Waals surface area contributed by atoms with E-state index in [4.69, 9.17) is 4.74 Å². The van der Waals surface area contributed by atoms with Crippen molar-refractivity contribution >= 4 is 11.9 Å². The standard InChI is InChI=1S/C22H25N3O4/c26-20(23-14-13-17-7-3-1-4-8-17)16-29-22(28)19-11-12-21(27)25(24-19)15-18-9-5-2-6-10-18/h2,5-7,9-12H,1,3-4,8,13-16H2,(H,23,26). The Labute approximate surface area is 169 Å². The fourth-order valence-electron chi connectivity index (χ4n) is 3.18. The quantitative estimate of drug-likeness (QED) is 0.548. The van der Waals surface area contributed by atoms with E-state index in [0.29, 0.717) is 6.54 Å². The summed E-state index contributed by atoms with van der Waals surface area (Å²) in [7, 11) is 0. The number of amides is 1. The monoisotopic (exact) mass is 395 g/mol. The molecule has 1 aromatic heterocycles. The Hall–Kier alpha value is -3.22. The van der Waals surface area contributed by atoms with Gasteiger partial charge in [-0.25, -0.2) is 9.48 Å². The number of benzene rings is 1. The number of allylic oxidation sites excluding steroid dienone is 1. The van der Waals surface area contributed by atoms with Crippen LogP contribution in [-0.2, 0) is 16.1 Å². The molecule has 1 N–H and O–H groups in total. The van der Waals surface area contributed by atoms with Gasteiger partial charge in [-0.15, -0.1) is 0 Å². The Morgan fingerprint density at radius 1 is 1.10 bits per heavy atom. The summed E-state index contributed by atoms with van der Waals surface area (Å²) >= 11 is 0. The maximum Gasteiger partial charge on any atom is 0.359 e. The molecule has 0 saturated heterocycles. The number of rotatable bonds is 8. The summed E-state index contributed by atoms with van der Waals surface area (Å²) in [5.74, 6) is -1.09. The van der Waals surface area contributed by atoms with Crippen LogP contribution in [0.2, 0.25) is 0 Å². The number of esters is 1. The van der Waals surface area contributed by atoms with Crippen LogP contribution in [0.5, 0.6) is 0 Å². The second kappa shape index (κ2) is 10.4. The lowest BCUT2D eigenvalue weighted by Crippen LogP contribution is -2.31. The Bertz CT molecular complexity index is 935. The van der Waals surface area contributed by atoms with Crippen LogP contribution < -0.4 is 10.9 Å². The van der Waals surface area contributed by atoms with Crippen molar-refractivity contribution in [2.75, 3.05) is 13.2 Å². The fourth-order valence-corrected chi connectivity index (χ4v) is 3.18. The van der Waals surface area contributed by atoms with Crippen molar-refractivity contribution in [3.8, 4) is 0 Å². The van der Waals surface area contributed by atoms with Crippen LogP contribution in [0.1, 0.15) is 48.2 Å². The maximum atomic E-state index is 12.2. The Kier molecular flexibility index (Phi) is 7.33. The molecule has 1 aliphatic carbocycles. The minimum atomic E-state index is -0.739. The number of ether oxygens (including phenoxy) is 1. The van der Waals surface area contributed by atoms with Crippen LogP contribution in [-0.4, -0.2) is 34.8 Å². The number of carbonyl (C=O) groups excluding carboxylic acids is 2. The van der Waals surface area contributed by atoms with E-state index in [1.54, 1.807) is 0 Å². The first-order chi connectivity index (χ1) is 14.1. The molecule has 0 atom stereocenters. The van der Waals surface area contributed by atoms with E-state index < -0.39 is 5.97 Å². The summed E-state index contributed by atoms with van der Waals surface area (Å²) in [6.45, 7) is 0.400. The van der Waals surface area contributed by atoms with E-state index >= 15 is 0 Å². The number of hydrogen-bond acceptors (Lipinski definition) is 5. The van der Waals surface area contributed by atoms with Gasteiger partial charge in [0.25, 0.3) is 11.5 Å². The molecule has 1 heterocycles. The second-order valence-corrected chi connectivity index (χ2v) is 6.98. The molecule has 0 aliphatic heterocycles. The van der Waals surface area contributed by atoms with Crippen LogP contribution in [0.25, 0.3) is 0 Å². The van der Waals surface area contributed by atoms with Crippen molar-refractivity contribution in [3.63, 3.8) is 0 Å². The van der Waals surface area contributed by atoms with Gasteiger partial charge in [-0.2, -0.15) is 5.10 Å². The second-order valence-electron chi connectivity index (χ2n) is 6.98. The van der Waals surface area contributed by atoms with Crippen LogP contribution in [0, 0.1) is 0 Å². The van der Waals surface area contributed by atoms with Gasteiger partial charge >= 0.3 is 5.97 Å². The SMILES string of the molecule is O=C(COC(=O)c1ccc(=O)n(Cc2ccccc2)n1)NCCC1=CCCCC1. The lowest BCUT2D eigenvalue weighted by Gasteiger charge is -2.13. The zero-order chi connectivity index (χ0) is 20.5. The molecular weight excluding hydrogens is 370 g/mol. The van der Waals surface area contributed by atoms with Crippen molar-refractivity contribution < 1.29 is 14.3 Å². The molecule has 29 heavy (non-hydrogen) atoms. The van der Waals surface area contributed by atoms with E-state index in [0.717, 1.165) is 24.8 Å².